The minimum atomic E-state index is -0.589. The highest BCUT2D eigenvalue weighted by Gasteiger charge is 2.35. The monoisotopic (exact) mass is 623 g/mol. The molecule has 9 heteroatoms. The molecule has 2 aliphatic rings. The maximum atomic E-state index is 17.4. The number of nitrogens with two attached hydrogens (primary N) is 1. The first-order chi connectivity index (χ1) is 22.2. The summed E-state index contributed by atoms with van der Waals surface area (Å²) in [6.07, 6.45) is 4.35. The number of likely N-dealkylation sites (tertiary alicyclic amines) is 1. The van der Waals surface area contributed by atoms with Crippen LogP contribution in [0.2, 0.25) is 0 Å². The van der Waals surface area contributed by atoms with Crippen molar-refractivity contribution in [2.24, 2.45) is 11.7 Å². The van der Waals surface area contributed by atoms with Crippen LogP contribution in [-0.2, 0) is 6.42 Å². The Morgan fingerprint density at radius 3 is 2.63 bits per heavy atom. The Kier molecular flexibility index (Phi) is 7.82. The molecular weight excluding hydrogens is 584 g/mol. The largest absolute Gasteiger partial charge is 0.508 e. The molecule has 46 heavy (non-hydrogen) atoms. The number of aromatic hydroxyl groups is 1. The summed E-state index contributed by atoms with van der Waals surface area (Å²) < 4.78 is 40.9. The molecule has 1 saturated carbocycles. The van der Waals surface area contributed by atoms with Crippen molar-refractivity contribution in [1.29, 1.82) is 5.26 Å². The van der Waals surface area contributed by atoms with Crippen molar-refractivity contribution in [2.45, 2.75) is 70.6 Å². The molecule has 5 aromatic rings. The Labute approximate surface area is 267 Å². The second kappa shape index (κ2) is 11.8. The Hall–Kier alpha value is -4.26. The predicted octanol–water partition coefficient (Wildman–Crippen LogP) is 7.53. The van der Waals surface area contributed by atoms with Crippen molar-refractivity contribution < 1.29 is 18.6 Å². The van der Waals surface area contributed by atoms with Crippen molar-refractivity contribution >= 4 is 32.6 Å². The highest BCUT2D eigenvalue weighted by atomic mass is 19.1. The van der Waals surface area contributed by atoms with Gasteiger partial charge in [-0.3, -0.25) is 4.90 Å². The molecule has 3 N–H and O–H groups in total. The number of hydrogen-bond acceptors (Lipinski definition) is 6. The number of aryl methyl sites for hydroxylation is 2. The van der Waals surface area contributed by atoms with Crippen LogP contribution in [-0.4, -0.2) is 51.8 Å². The van der Waals surface area contributed by atoms with E-state index in [0.717, 1.165) is 48.8 Å². The topological polar surface area (TPSA) is 100 Å². The molecule has 2 aromatic heterocycles. The summed E-state index contributed by atoms with van der Waals surface area (Å²) in [6, 6.07) is 13.8. The summed E-state index contributed by atoms with van der Waals surface area (Å²) in [5.41, 5.74) is 9.34. The Morgan fingerprint density at radius 2 is 1.93 bits per heavy atom. The average molecular weight is 624 g/mol. The Balaban J connectivity index is 1.54. The van der Waals surface area contributed by atoms with Gasteiger partial charge in [0, 0.05) is 35.1 Å². The molecule has 3 heterocycles. The van der Waals surface area contributed by atoms with Gasteiger partial charge in [0.2, 0.25) is 5.88 Å². The van der Waals surface area contributed by atoms with Crippen LogP contribution >= 0.6 is 0 Å². The zero-order valence-corrected chi connectivity index (χ0v) is 26.5. The number of likely N-dealkylation sites (N-methyl/N-ethyl adjacent to an activating group) is 1. The van der Waals surface area contributed by atoms with Gasteiger partial charge in [0.05, 0.1) is 17.0 Å². The molecule has 2 fully saturated rings. The summed E-state index contributed by atoms with van der Waals surface area (Å²) >= 11 is 0. The van der Waals surface area contributed by atoms with E-state index in [4.69, 9.17) is 15.5 Å². The minimum Gasteiger partial charge on any atom is -0.508 e. The number of hydrogen-bond donors (Lipinski definition) is 2. The molecular formula is C37H39F2N5O2. The van der Waals surface area contributed by atoms with E-state index in [0.29, 0.717) is 45.6 Å². The van der Waals surface area contributed by atoms with Crippen LogP contribution < -0.4 is 10.5 Å². The van der Waals surface area contributed by atoms with Gasteiger partial charge in [0.15, 0.2) is 5.82 Å². The third kappa shape index (κ3) is 4.95. The van der Waals surface area contributed by atoms with E-state index in [1.54, 1.807) is 6.07 Å². The molecule has 1 aliphatic carbocycles. The molecule has 1 saturated heterocycles. The van der Waals surface area contributed by atoms with E-state index in [9.17, 15) is 14.8 Å². The van der Waals surface area contributed by atoms with Crippen LogP contribution in [0.1, 0.15) is 56.3 Å². The van der Waals surface area contributed by atoms with Gasteiger partial charge in [-0.25, -0.2) is 13.8 Å². The van der Waals surface area contributed by atoms with E-state index in [1.165, 1.54) is 24.3 Å². The molecule has 4 atom stereocenters. The van der Waals surface area contributed by atoms with Crippen LogP contribution in [0, 0.1) is 35.8 Å². The van der Waals surface area contributed by atoms with Crippen LogP contribution in [0.5, 0.6) is 11.6 Å². The number of phenols is 1. The van der Waals surface area contributed by atoms with Gasteiger partial charge in [-0.05, 0) is 130 Å². The number of benzene rings is 3. The molecule has 0 amide bonds. The lowest BCUT2D eigenvalue weighted by atomic mass is 9.79. The van der Waals surface area contributed by atoms with Gasteiger partial charge in [0.25, 0.3) is 0 Å². The van der Waals surface area contributed by atoms with Crippen molar-refractivity contribution in [3.05, 3.63) is 65.4 Å². The number of nitrogens with zero attached hydrogens (tertiary/aromatic N) is 4. The van der Waals surface area contributed by atoms with Gasteiger partial charge in [-0.2, -0.15) is 5.26 Å². The Bertz CT molecular complexity index is 2030. The summed E-state index contributed by atoms with van der Waals surface area (Å²) in [6.45, 7) is 5.67. The quantitative estimate of drug-likeness (QED) is 0.185. The molecule has 0 unspecified atom stereocenters. The number of phenolic OH excluding ortho intramolecular Hbond substituents is 1. The summed E-state index contributed by atoms with van der Waals surface area (Å²) in [5, 5.41) is 22.7. The normalized spacial score (nSPS) is 20.8. The number of fused-ring (bicyclic) bond motifs is 4. The zero-order chi connectivity index (χ0) is 32.3. The first-order valence-corrected chi connectivity index (χ1v) is 16.2. The van der Waals surface area contributed by atoms with Crippen LogP contribution in [0.25, 0.3) is 43.7 Å². The molecule has 0 spiro atoms. The standard InChI is InChI=1S/C37H39F2N5O2/c1-20-14-30-36(44(20)32-11-9-24(32)19-41)29-16-23(6-4-12-40)33(28-18-26(45)15-22-8-10-25(38)17-27(22)28)34(39)35(29)42-37(30)46-21(2)31-7-5-13-43(31)3/h8,10,14-18,21,24,31-32,45H,4-7,9,11,13,19,41H2,1-3H3/t21-,24+,31-,32+/m0/s1. The van der Waals surface area contributed by atoms with Gasteiger partial charge < -0.3 is 20.1 Å². The Morgan fingerprint density at radius 1 is 1.11 bits per heavy atom. The number of ether oxygens (including phenoxy) is 1. The number of rotatable bonds is 8. The molecule has 0 bridgehead atoms. The van der Waals surface area contributed by atoms with Crippen LogP contribution in [0.4, 0.5) is 8.78 Å². The molecule has 1 aliphatic heterocycles. The maximum absolute atomic E-state index is 17.4. The highest BCUT2D eigenvalue weighted by molar-refractivity contribution is 6.10. The summed E-state index contributed by atoms with van der Waals surface area (Å²) in [4.78, 5) is 7.21. The number of pyridine rings is 1. The lowest BCUT2D eigenvalue weighted by molar-refractivity contribution is 0.119. The predicted molar refractivity (Wildman–Crippen MR) is 177 cm³/mol. The lowest BCUT2D eigenvalue weighted by Gasteiger charge is -2.38. The van der Waals surface area contributed by atoms with E-state index in [2.05, 4.69) is 35.6 Å². The van der Waals surface area contributed by atoms with Gasteiger partial charge in [-0.1, -0.05) is 6.07 Å². The van der Waals surface area contributed by atoms with E-state index in [1.807, 2.05) is 13.0 Å². The minimum absolute atomic E-state index is 0.0657. The lowest BCUT2D eigenvalue weighted by Crippen LogP contribution is -2.38. The maximum Gasteiger partial charge on any atom is 0.223 e. The molecule has 0 radical (unpaired) electrons. The van der Waals surface area contributed by atoms with Crippen molar-refractivity contribution in [1.82, 2.24) is 14.5 Å². The smallest absolute Gasteiger partial charge is 0.223 e. The zero-order valence-electron chi connectivity index (χ0n) is 26.5. The second-order valence-electron chi connectivity index (χ2n) is 13.1. The third-order valence-electron chi connectivity index (χ3n) is 10.4. The van der Waals surface area contributed by atoms with E-state index in [-0.39, 0.29) is 47.9 Å². The van der Waals surface area contributed by atoms with Crippen molar-refractivity contribution in [2.75, 3.05) is 20.1 Å². The fourth-order valence-corrected chi connectivity index (χ4v) is 7.90. The fraction of sp³-hybridized carbons (Fsp3) is 0.405. The number of halogens is 2. The SMILES string of the molecule is Cc1cc2c(O[C@@H](C)[C@@H]3CCCN3C)nc3c(F)c(-c4cc(O)cc5ccc(F)cc45)c(CCC#N)cc3c2n1[C@@H]1CC[C@@H]1CN. The van der Waals surface area contributed by atoms with E-state index < -0.39 is 11.6 Å². The van der Waals surface area contributed by atoms with Gasteiger partial charge in [0.1, 0.15) is 23.2 Å². The highest BCUT2D eigenvalue weighted by Crippen LogP contribution is 2.47. The van der Waals surface area contributed by atoms with Gasteiger partial charge >= 0.3 is 0 Å². The third-order valence-corrected chi connectivity index (χ3v) is 10.4. The molecule has 238 valence electrons. The number of aromatic nitrogens is 2. The summed E-state index contributed by atoms with van der Waals surface area (Å²) in [5.74, 6) is -0.438. The van der Waals surface area contributed by atoms with E-state index >= 15 is 4.39 Å². The van der Waals surface area contributed by atoms with Crippen LogP contribution in [0.3, 0.4) is 0 Å². The summed E-state index contributed by atoms with van der Waals surface area (Å²) in [7, 11) is 2.10. The first kappa shape index (κ1) is 30.4. The van der Waals surface area contributed by atoms with Crippen LogP contribution in [0.15, 0.2) is 42.5 Å². The van der Waals surface area contributed by atoms with Crippen molar-refractivity contribution in [3.63, 3.8) is 0 Å². The molecule has 3 aromatic carbocycles. The van der Waals surface area contributed by atoms with Crippen molar-refractivity contribution in [3.8, 4) is 28.8 Å². The van der Waals surface area contributed by atoms with Gasteiger partial charge in [-0.15, -0.1) is 0 Å². The number of nitriles is 1. The first-order valence-electron chi connectivity index (χ1n) is 16.2. The average Bonchev–Trinajstić information content (AvgIpc) is 3.59. The second-order valence-corrected chi connectivity index (χ2v) is 13.1. The molecule has 7 nitrogen and oxygen atoms in total. The molecule has 7 rings (SSSR count). The fourth-order valence-electron chi connectivity index (χ4n) is 7.90.